The van der Waals surface area contributed by atoms with Crippen molar-refractivity contribution in [3.63, 3.8) is 0 Å². The zero-order chi connectivity index (χ0) is 24.2. The Balaban J connectivity index is 1.65. The topological polar surface area (TPSA) is 50.8 Å². The van der Waals surface area contributed by atoms with Crippen molar-refractivity contribution in [3.8, 4) is 17.2 Å². The van der Waals surface area contributed by atoms with Crippen LogP contribution >= 0.6 is 0 Å². The third kappa shape index (κ3) is 7.63. The highest BCUT2D eigenvalue weighted by atomic mass is 16.5. The number of ether oxygens (including phenoxy) is 2. The number of aryl methyl sites for hydroxylation is 1. The Bertz CT molecular complexity index is 1030. The summed E-state index contributed by atoms with van der Waals surface area (Å²) in [5.41, 5.74) is 2.41. The average Bonchev–Trinajstić information content (AvgIpc) is 2.85. The molecule has 0 saturated carbocycles. The van der Waals surface area contributed by atoms with Gasteiger partial charge in [0.1, 0.15) is 17.2 Å². The van der Waals surface area contributed by atoms with Crippen LogP contribution in [0.2, 0.25) is 0 Å². The summed E-state index contributed by atoms with van der Waals surface area (Å²) in [5.74, 6) is 2.04. The lowest BCUT2D eigenvalue weighted by Gasteiger charge is -2.21. The second-order valence-electron chi connectivity index (χ2n) is 8.37. The van der Waals surface area contributed by atoms with Crippen LogP contribution in [-0.2, 0) is 6.42 Å². The van der Waals surface area contributed by atoms with Gasteiger partial charge in [0, 0.05) is 11.3 Å². The highest BCUT2D eigenvalue weighted by Gasteiger charge is 2.11. The van der Waals surface area contributed by atoms with E-state index in [1.54, 1.807) is 19.2 Å². The number of methoxy groups -OCH3 is 1. The minimum atomic E-state index is -0.174. The molecule has 5 nitrogen and oxygen atoms in total. The number of amides is 1. The van der Waals surface area contributed by atoms with E-state index >= 15 is 0 Å². The van der Waals surface area contributed by atoms with Crippen molar-refractivity contribution >= 4 is 11.6 Å². The van der Waals surface area contributed by atoms with Gasteiger partial charge >= 0.3 is 0 Å². The van der Waals surface area contributed by atoms with Crippen molar-refractivity contribution < 1.29 is 14.3 Å². The van der Waals surface area contributed by atoms with Crippen molar-refractivity contribution in [2.45, 2.75) is 39.5 Å². The fourth-order valence-electron chi connectivity index (χ4n) is 4.04. The number of carbonyl (C=O) groups is 1. The van der Waals surface area contributed by atoms with Crippen molar-refractivity contribution in [1.29, 1.82) is 0 Å². The van der Waals surface area contributed by atoms with E-state index in [1.165, 1.54) is 12.8 Å². The van der Waals surface area contributed by atoms with Crippen LogP contribution in [0.3, 0.4) is 0 Å². The normalized spacial score (nSPS) is 10.8. The number of nitrogens with one attached hydrogen (secondary N) is 1. The molecule has 0 saturated heterocycles. The molecule has 0 fully saturated rings. The first-order valence-corrected chi connectivity index (χ1v) is 12.2. The molecule has 180 valence electrons. The van der Waals surface area contributed by atoms with Crippen LogP contribution in [0.1, 0.15) is 49.0 Å². The molecule has 0 aliphatic carbocycles. The lowest BCUT2D eigenvalue weighted by atomic mass is 10.1. The molecular weight excluding hydrogens is 424 g/mol. The minimum Gasteiger partial charge on any atom is -0.496 e. The van der Waals surface area contributed by atoms with Gasteiger partial charge in [-0.2, -0.15) is 0 Å². The summed E-state index contributed by atoms with van der Waals surface area (Å²) in [6.45, 7) is 7.78. The van der Waals surface area contributed by atoms with E-state index in [0.717, 1.165) is 55.2 Å². The summed E-state index contributed by atoms with van der Waals surface area (Å²) >= 11 is 0. The molecule has 0 atom stereocenters. The Hall–Kier alpha value is -3.31. The number of para-hydroxylation sites is 1. The first kappa shape index (κ1) is 25.3. The van der Waals surface area contributed by atoms with Gasteiger partial charge in [-0.15, -0.1) is 0 Å². The number of carbonyl (C=O) groups excluding carboxylic acids is 1. The molecule has 0 heterocycles. The van der Waals surface area contributed by atoms with E-state index in [9.17, 15) is 4.79 Å². The van der Waals surface area contributed by atoms with Crippen LogP contribution in [0, 0.1) is 0 Å². The molecule has 3 aromatic rings. The van der Waals surface area contributed by atoms with Gasteiger partial charge in [-0.1, -0.05) is 38.1 Å². The lowest BCUT2D eigenvalue weighted by molar-refractivity contribution is 0.102. The quantitative estimate of drug-likeness (QED) is 0.305. The molecule has 0 unspecified atom stereocenters. The first-order valence-electron chi connectivity index (χ1n) is 12.2. The molecule has 3 aromatic carbocycles. The Morgan fingerprint density at radius 1 is 0.853 bits per heavy atom. The second-order valence-corrected chi connectivity index (χ2v) is 8.37. The molecular formula is C29H36N2O3. The first-order chi connectivity index (χ1) is 16.6. The van der Waals surface area contributed by atoms with Gasteiger partial charge in [-0.3, -0.25) is 4.79 Å². The number of benzene rings is 3. The lowest BCUT2D eigenvalue weighted by Crippen LogP contribution is -2.26. The number of anilines is 1. The van der Waals surface area contributed by atoms with Gasteiger partial charge in [0.25, 0.3) is 5.91 Å². The van der Waals surface area contributed by atoms with Crippen LogP contribution in [0.15, 0.2) is 72.8 Å². The average molecular weight is 461 g/mol. The number of hydrogen-bond acceptors (Lipinski definition) is 4. The standard InChI is InChI=1S/C29H36N2O3/c1-4-18-31(19-5-2)20-10-12-23-21-25(16-17-28(23)33-3)30-29(32)24-11-9-15-27(22-24)34-26-13-7-6-8-14-26/h6-9,11,13-17,21-22H,4-5,10,12,18-20H2,1-3H3,(H,30,32). The van der Waals surface area contributed by atoms with Crippen LogP contribution in [0.25, 0.3) is 0 Å². The Labute approximate surface area is 203 Å². The van der Waals surface area contributed by atoms with E-state index in [0.29, 0.717) is 11.3 Å². The van der Waals surface area contributed by atoms with Crippen molar-refractivity contribution in [3.05, 3.63) is 83.9 Å². The Morgan fingerprint density at radius 2 is 1.59 bits per heavy atom. The summed E-state index contributed by atoms with van der Waals surface area (Å²) in [6, 6.07) is 22.6. The van der Waals surface area contributed by atoms with E-state index in [-0.39, 0.29) is 5.91 Å². The third-order valence-electron chi connectivity index (χ3n) is 5.61. The molecule has 0 aliphatic rings. The molecule has 3 rings (SSSR count). The summed E-state index contributed by atoms with van der Waals surface area (Å²) in [7, 11) is 1.69. The third-order valence-corrected chi connectivity index (χ3v) is 5.61. The monoisotopic (exact) mass is 460 g/mol. The molecule has 0 aliphatic heterocycles. The SMILES string of the molecule is CCCN(CCC)CCCc1cc(NC(=O)c2cccc(Oc3ccccc3)c2)ccc1OC. The summed E-state index contributed by atoms with van der Waals surface area (Å²) in [5, 5.41) is 3.02. The van der Waals surface area contributed by atoms with E-state index in [2.05, 4.69) is 24.1 Å². The number of rotatable bonds is 13. The summed E-state index contributed by atoms with van der Waals surface area (Å²) in [6.07, 6.45) is 4.29. The number of hydrogen-bond donors (Lipinski definition) is 1. The summed E-state index contributed by atoms with van der Waals surface area (Å²) < 4.78 is 11.4. The molecule has 1 N–H and O–H groups in total. The van der Waals surface area contributed by atoms with Gasteiger partial charge in [0.05, 0.1) is 7.11 Å². The van der Waals surface area contributed by atoms with Crippen LogP contribution in [0.5, 0.6) is 17.2 Å². The fourth-order valence-corrected chi connectivity index (χ4v) is 4.04. The highest BCUT2D eigenvalue weighted by molar-refractivity contribution is 6.04. The maximum absolute atomic E-state index is 12.9. The molecule has 0 spiro atoms. The van der Waals surface area contributed by atoms with Gasteiger partial charge in [-0.05, 0) is 99.4 Å². The predicted octanol–water partition coefficient (Wildman–Crippen LogP) is 6.79. The smallest absolute Gasteiger partial charge is 0.255 e. The Kier molecular flexibility index (Phi) is 9.98. The minimum absolute atomic E-state index is 0.174. The molecule has 0 radical (unpaired) electrons. The Morgan fingerprint density at radius 3 is 2.29 bits per heavy atom. The van der Waals surface area contributed by atoms with Crippen molar-refractivity contribution in [2.24, 2.45) is 0 Å². The van der Waals surface area contributed by atoms with Crippen LogP contribution < -0.4 is 14.8 Å². The maximum atomic E-state index is 12.9. The largest absolute Gasteiger partial charge is 0.496 e. The zero-order valence-electron chi connectivity index (χ0n) is 20.5. The summed E-state index contributed by atoms with van der Waals surface area (Å²) in [4.78, 5) is 15.4. The van der Waals surface area contributed by atoms with E-state index in [4.69, 9.17) is 9.47 Å². The predicted molar refractivity (Wildman–Crippen MR) is 139 cm³/mol. The molecule has 34 heavy (non-hydrogen) atoms. The van der Waals surface area contributed by atoms with Crippen molar-refractivity contribution in [2.75, 3.05) is 32.1 Å². The number of nitrogens with zero attached hydrogens (tertiary/aromatic N) is 1. The van der Waals surface area contributed by atoms with Gasteiger partial charge in [-0.25, -0.2) is 0 Å². The van der Waals surface area contributed by atoms with E-state index < -0.39 is 0 Å². The second kappa shape index (κ2) is 13.4. The van der Waals surface area contributed by atoms with Crippen LogP contribution in [-0.4, -0.2) is 37.6 Å². The van der Waals surface area contributed by atoms with Crippen molar-refractivity contribution in [1.82, 2.24) is 4.90 Å². The fraction of sp³-hybridized carbons (Fsp3) is 0.345. The van der Waals surface area contributed by atoms with Gasteiger partial charge < -0.3 is 19.7 Å². The van der Waals surface area contributed by atoms with Gasteiger partial charge in [0.15, 0.2) is 0 Å². The van der Waals surface area contributed by atoms with Gasteiger partial charge in [0.2, 0.25) is 0 Å². The van der Waals surface area contributed by atoms with Crippen LogP contribution in [0.4, 0.5) is 5.69 Å². The highest BCUT2D eigenvalue weighted by Crippen LogP contribution is 2.26. The molecule has 1 amide bonds. The zero-order valence-corrected chi connectivity index (χ0v) is 20.5. The molecule has 0 bridgehead atoms. The van der Waals surface area contributed by atoms with E-state index in [1.807, 2.05) is 60.7 Å². The molecule has 0 aromatic heterocycles. The maximum Gasteiger partial charge on any atom is 0.255 e. The molecule has 5 heteroatoms.